The molecule has 0 bridgehead atoms. The zero-order valence-corrected chi connectivity index (χ0v) is 9.11. The Hall–Kier alpha value is -0.900. The maximum absolute atomic E-state index is 5.39. The first kappa shape index (κ1) is 12.2. The van der Waals surface area contributed by atoms with Gasteiger partial charge in [-0.2, -0.15) is 0 Å². The van der Waals surface area contributed by atoms with Crippen molar-refractivity contribution in [1.82, 2.24) is 5.48 Å². The predicted molar refractivity (Wildman–Crippen MR) is 62.1 cm³/mol. The second-order valence-electron chi connectivity index (χ2n) is 3.52. The molecule has 0 radical (unpaired) electrons. The number of hydrogen-bond acceptors (Lipinski definition) is 3. The minimum Gasteiger partial charge on any atom is -0.330 e. The maximum atomic E-state index is 5.39. The normalized spacial score (nSPS) is 10.5. The Morgan fingerprint density at radius 3 is 2.60 bits per heavy atom. The van der Waals surface area contributed by atoms with E-state index in [0.29, 0.717) is 6.61 Å². The third-order valence-electron chi connectivity index (χ3n) is 2.17. The molecule has 0 spiro atoms. The highest BCUT2D eigenvalue weighted by Gasteiger charge is 1.91. The maximum Gasteiger partial charge on any atom is 0.0933 e. The minimum atomic E-state index is 0.623. The molecule has 0 amide bonds. The van der Waals surface area contributed by atoms with Crippen molar-refractivity contribution >= 4 is 0 Å². The van der Waals surface area contributed by atoms with Crippen molar-refractivity contribution in [2.24, 2.45) is 5.73 Å². The van der Waals surface area contributed by atoms with E-state index in [9.17, 15) is 0 Å². The Kier molecular flexibility index (Phi) is 6.83. The van der Waals surface area contributed by atoms with Gasteiger partial charge in [0.05, 0.1) is 6.61 Å². The van der Waals surface area contributed by atoms with Gasteiger partial charge in [0.15, 0.2) is 0 Å². The number of hydrogen-bond donors (Lipinski definition) is 2. The van der Waals surface area contributed by atoms with E-state index in [2.05, 4.69) is 17.6 Å². The monoisotopic (exact) mass is 208 g/mol. The van der Waals surface area contributed by atoms with Crippen molar-refractivity contribution in [2.75, 3.05) is 13.1 Å². The van der Waals surface area contributed by atoms with E-state index in [0.717, 1.165) is 32.4 Å². The molecular weight excluding hydrogens is 188 g/mol. The van der Waals surface area contributed by atoms with E-state index in [1.807, 2.05) is 18.2 Å². The first-order valence-corrected chi connectivity index (χ1v) is 5.52. The molecule has 15 heavy (non-hydrogen) atoms. The van der Waals surface area contributed by atoms with E-state index in [-0.39, 0.29) is 0 Å². The summed E-state index contributed by atoms with van der Waals surface area (Å²) in [6.07, 6.45) is 3.38. The molecule has 0 atom stereocenters. The number of rotatable bonds is 8. The first-order chi connectivity index (χ1) is 7.43. The standard InChI is InChI=1S/C12H20N2O/c13-9-5-2-6-10-14-15-11-12-7-3-1-4-8-12/h1,3-4,7-8,14H,2,5-6,9-11,13H2. The highest BCUT2D eigenvalue weighted by Crippen LogP contribution is 1.99. The van der Waals surface area contributed by atoms with Gasteiger partial charge in [-0.3, -0.25) is 4.84 Å². The zero-order valence-electron chi connectivity index (χ0n) is 9.11. The molecule has 0 unspecified atom stereocenters. The van der Waals surface area contributed by atoms with Crippen LogP contribution in [0.3, 0.4) is 0 Å². The van der Waals surface area contributed by atoms with Crippen LogP contribution in [0.15, 0.2) is 30.3 Å². The molecule has 3 N–H and O–H groups in total. The Morgan fingerprint density at radius 1 is 1.07 bits per heavy atom. The van der Waals surface area contributed by atoms with E-state index in [1.54, 1.807) is 0 Å². The van der Waals surface area contributed by atoms with Gasteiger partial charge in [0, 0.05) is 6.54 Å². The molecule has 0 heterocycles. The SMILES string of the molecule is NCCCCCNOCc1ccccc1. The minimum absolute atomic E-state index is 0.623. The second-order valence-corrected chi connectivity index (χ2v) is 3.52. The summed E-state index contributed by atoms with van der Waals surface area (Å²) in [6, 6.07) is 10.1. The van der Waals surface area contributed by atoms with Gasteiger partial charge in [-0.1, -0.05) is 36.8 Å². The molecule has 1 rings (SSSR count). The lowest BCUT2D eigenvalue weighted by molar-refractivity contribution is 0.0273. The van der Waals surface area contributed by atoms with Crippen LogP contribution in [0.2, 0.25) is 0 Å². The number of hydroxylamine groups is 1. The van der Waals surface area contributed by atoms with Gasteiger partial charge < -0.3 is 5.73 Å². The molecule has 84 valence electrons. The zero-order chi connectivity index (χ0) is 10.8. The van der Waals surface area contributed by atoms with Crippen LogP contribution in [-0.2, 0) is 11.4 Å². The van der Waals surface area contributed by atoms with E-state index in [4.69, 9.17) is 10.6 Å². The fourth-order valence-corrected chi connectivity index (χ4v) is 1.30. The number of benzene rings is 1. The molecule has 0 saturated heterocycles. The third-order valence-corrected chi connectivity index (χ3v) is 2.17. The van der Waals surface area contributed by atoms with Crippen LogP contribution in [0.4, 0.5) is 0 Å². The van der Waals surface area contributed by atoms with E-state index >= 15 is 0 Å². The Labute approximate surface area is 91.6 Å². The van der Waals surface area contributed by atoms with Gasteiger partial charge in [0.1, 0.15) is 0 Å². The molecule has 0 aliphatic heterocycles. The fraction of sp³-hybridized carbons (Fsp3) is 0.500. The molecular formula is C12H20N2O. The summed E-state index contributed by atoms with van der Waals surface area (Å²) in [5.41, 5.74) is 9.53. The van der Waals surface area contributed by atoms with Crippen LogP contribution < -0.4 is 11.2 Å². The summed E-state index contributed by atoms with van der Waals surface area (Å²) < 4.78 is 0. The van der Waals surface area contributed by atoms with Gasteiger partial charge in [-0.15, -0.1) is 0 Å². The number of unbranched alkanes of at least 4 members (excludes halogenated alkanes) is 2. The second kappa shape index (κ2) is 8.41. The van der Waals surface area contributed by atoms with E-state index in [1.165, 1.54) is 5.56 Å². The van der Waals surface area contributed by atoms with Gasteiger partial charge in [-0.25, -0.2) is 5.48 Å². The molecule has 0 aromatic heterocycles. The third kappa shape index (κ3) is 6.23. The van der Waals surface area contributed by atoms with Gasteiger partial charge in [0.25, 0.3) is 0 Å². The molecule has 3 nitrogen and oxygen atoms in total. The lowest BCUT2D eigenvalue weighted by Crippen LogP contribution is -2.16. The summed E-state index contributed by atoms with van der Waals surface area (Å²) in [5.74, 6) is 0. The largest absolute Gasteiger partial charge is 0.330 e. The van der Waals surface area contributed by atoms with Crippen LogP contribution in [0.5, 0.6) is 0 Å². The van der Waals surface area contributed by atoms with Gasteiger partial charge >= 0.3 is 0 Å². The average molecular weight is 208 g/mol. The topological polar surface area (TPSA) is 47.3 Å². The lowest BCUT2D eigenvalue weighted by atomic mass is 10.2. The lowest BCUT2D eigenvalue weighted by Gasteiger charge is -2.05. The summed E-state index contributed by atoms with van der Waals surface area (Å²) in [4.78, 5) is 5.32. The van der Waals surface area contributed by atoms with E-state index < -0.39 is 0 Å². The van der Waals surface area contributed by atoms with Crippen LogP contribution in [0, 0.1) is 0 Å². The molecule has 1 aromatic rings. The van der Waals surface area contributed by atoms with Crippen LogP contribution in [0.25, 0.3) is 0 Å². The molecule has 1 aromatic carbocycles. The van der Waals surface area contributed by atoms with Crippen molar-refractivity contribution in [3.63, 3.8) is 0 Å². The smallest absolute Gasteiger partial charge is 0.0933 e. The number of nitrogens with two attached hydrogens (primary N) is 1. The van der Waals surface area contributed by atoms with Crippen LogP contribution in [0.1, 0.15) is 24.8 Å². The summed E-state index contributed by atoms with van der Waals surface area (Å²) in [6.45, 7) is 2.30. The van der Waals surface area contributed by atoms with Crippen molar-refractivity contribution in [2.45, 2.75) is 25.9 Å². The van der Waals surface area contributed by atoms with Crippen molar-refractivity contribution < 1.29 is 4.84 Å². The molecule has 0 aliphatic carbocycles. The average Bonchev–Trinajstić information content (AvgIpc) is 2.29. The summed E-state index contributed by atoms with van der Waals surface area (Å²) in [5, 5.41) is 0. The van der Waals surface area contributed by atoms with Crippen LogP contribution >= 0.6 is 0 Å². The summed E-state index contributed by atoms with van der Waals surface area (Å²) >= 11 is 0. The first-order valence-electron chi connectivity index (χ1n) is 5.52. The number of nitrogens with one attached hydrogen (secondary N) is 1. The molecule has 0 saturated carbocycles. The van der Waals surface area contributed by atoms with Crippen molar-refractivity contribution in [3.8, 4) is 0 Å². The predicted octanol–water partition coefficient (Wildman–Crippen LogP) is 1.84. The van der Waals surface area contributed by atoms with Crippen molar-refractivity contribution in [1.29, 1.82) is 0 Å². The fourth-order valence-electron chi connectivity index (χ4n) is 1.30. The van der Waals surface area contributed by atoms with Crippen LogP contribution in [-0.4, -0.2) is 13.1 Å². The van der Waals surface area contributed by atoms with Gasteiger partial charge in [-0.05, 0) is 24.9 Å². The van der Waals surface area contributed by atoms with Gasteiger partial charge in [0.2, 0.25) is 0 Å². The quantitative estimate of drug-likeness (QED) is 0.506. The molecule has 3 heteroatoms. The molecule has 0 fully saturated rings. The van der Waals surface area contributed by atoms with Crippen molar-refractivity contribution in [3.05, 3.63) is 35.9 Å². The Bertz CT molecular complexity index is 239. The molecule has 0 aliphatic rings. The highest BCUT2D eigenvalue weighted by molar-refractivity contribution is 5.13. The highest BCUT2D eigenvalue weighted by atomic mass is 16.6. The Balaban J connectivity index is 1.93. The summed E-state index contributed by atoms with van der Waals surface area (Å²) in [7, 11) is 0. The Morgan fingerprint density at radius 2 is 1.87 bits per heavy atom.